The molecule has 10 atom stereocenters. The molecule has 5 aliphatic carbocycles. The van der Waals surface area contributed by atoms with Gasteiger partial charge >= 0.3 is 5.97 Å². The van der Waals surface area contributed by atoms with Gasteiger partial charge in [0.1, 0.15) is 6.10 Å². The molecule has 0 heterocycles. The first-order valence-electron chi connectivity index (χ1n) is 27.8. The van der Waals surface area contributed by atoms with E-state index >= 15 is 0 Å². The van der Waals surface area contributed by atoms with Crippen LogP contribution in [0, 0.1) is 56.2 Å². The zero-order chi connectivity index (χ0) is 43.3. The Labute approximate surface area is 376 Å². The molecule has 0 amide bonds. The van der Waals surface area contributed by atoms with Crippen LogP contribution in [0.2, 0.25) is 0 Å². The molecule has 2 nitrogen and oxygen atoms in total. The van der Waals surface area contributed by atoms with Gasteiger partial charge in [0, 0.05) is 6.42 Å². The standard InChI is InChI=1S/C58H106O2/c1-10-11-12-13-14-15-16-17-18-19-20-21-22-23-24-25-26-27-28-29-30-31-32-33-34-35-52(59)60-48-36-37-49-55(6,47(48)2)39-38-50-56(49,7)43-45-58(9)51-46-53(3,4)40-41-54(51,5)42-44-57(50,58)8/h47-51H,10-46H2,1-9H3/t47-,48-,49+,50-,51+,54+,55+,56-,57+,58+/m0/s1. The van der Waals surface area contributed by atoms with E-state index < -0.39 is 0 Å². The molecule has 0 N–H and O–H groups in total. The number of hydrogen-bond donors (Lipinski definition) is 0. The highest BCUT2D eigenvalue weighted by molar-refractivity contribution is 5.69. The van der Waals surface area contributed by atoms with Crippen LogP contribution < -0.4 is 0 Å². The summed E-state index contributed by atoms with van der Waals surface area (Å²) in [6, 6.07) is 0. The van der Waals surface area contributed by atoms with Gasteiger partial charge in [0.05, 0.1) is 0 Å². The molecule has 0 spiro atoms. The fourth-order valence-electron chi connectivity index (χ4n) is 16.1. The lowest BCUT2D eigenvalue weighted by Crippen LogP contribution is -2.68. The Hall–Kier alpha value is -0.530. The summed E-state index contributed by atoms with van der Waals surface area (Å²) < 4.78 is 6.41. The second kappa shape index (κ2) is 23.1. The van der Waals surface area contributed by atoms with Crippen LogP contribution in [-0.4, -0.2) is 12.1 Å². The molecule has 2 heteroatoms. The first kappa shape index (κ1) is 50.5. The summed E-state index contributed by atoms with van der Waals surface area (Å²) in [6.07, 6.45) is 51.0. The molecule has 0 radical (unpaired) electrons. The predicted octanol–water partition coefficient (Wildman–Crippen LogP) is 19.0. The van der Waals surface area contributed by atoms with Gasteiger partial charge in [0.25, 0.3) is 0 Å². The maximum absolute atomic E-state index is 13.2. The van der Waals surface area contributed by atoms with Crippen molar-refractivity contribution in [2.24, 2.45) is 56.2 Å². The fraction of sp³-hybridized carbons (Fsp3) is 0.983. The van der Waals surface area contributed by atoms with Gasteiger partial charge in [0.2, 0.25) is 0 Å². The van der Waals surface area contributed by atoms with Crippen molar-refractivity contribution in [3.05, 3.63) is 0 Å². The third kappa shape index (κ3) is 12.2. The number of carbonyl (C=O) groups excluding carboxylic acids is 1. The van der Waals surface area contributed by atoms with Gasteiger partial charge in [-0.2, -0.15) is 0 Å². The zero-order valence-electron chi connectivity index (χ0n) is 42.4. The highest BCUT2D eigenvalue weighted by Gasteiger charge is 2.71. The molecule has 0 aromatic carbocycles. The molecule has 0 aromatic rings. The normalized spacial score (nSPS) is 37.1. The van der Waals surface area contributed by atoms with E-state index in [0.717, 1.165) is 30.6 Å². The highest BCUT2D eigenvalue weighted by Crippen LogP contribution is 2.78. The lowest BCUT2D eigenvalue weighted by Gasteiger charge is -2.75. The monoisotopic (exact) mass is 835 g/mol. The second-order valence-electron chi connectivity index (χ2n) is 25.2. The van der Waals surface area contributed by atoms with E-state index in [0.29, 0.717) is 39.4 Å². The van der Waals surface area contributed by atoms with Crippen molar-refractivity contribution in [2.45, 2.75) is 306 Å². The van der Waals surface area contributed by atoms with E-state index in [4.69, 9.17) is 4.74 Å². The van der Waals surface area contributed by atoms with Gasteiger partial charge in [-0.05, 0) is 133 Å². The van der Waals surface area contributed by atoms with Crippen LogP contribution in [-0.2, 0) is 9.53 Å². The quantitative estimate of drug-likeness (QED) is 0.0609. The molecular formula is C58H106O2. The van der Waals surface area contributed by atoms with Crippen LogP contribution in [0.25, 0.3) is 0 Å². The summed E-state index contributed by atoms with van der Waals surface area (Å²) in [5.41, 5.74) is 2.62. The molecule has 5 fully saturated rings. The Bertz CT molecular complexity index is 1250. The fourth-order valence-corrected chi connectivity index (χ4v) is 16.1. The Balaban J connectivity index is 0.884. The van der Waals surface area contributed by atoms with Crippen molar-refractivity contribution in [1.29, 1.82) is 0 Å². The van der Waals surface area contributed by atoms with Gasteiger partial charge in [-0.15, -0.1) is 0 Å². The van der Waals surface area contributed by atoms with Gasteiger partial charge in [-0.1, -0.05) is 216 Å². The van der Waals surface area contributed by atoms with Crippen LogP contribution in [0.5, 0.6) is 0 Å². The molecule has 0 aromatic heterocycles. The summed E-state index contributed by atoms with van der Waals surface area (Å²) in [5.74, 6) is 3.00. The molecule has 5 saturated carbocycles. The SMILES string of the molecule is CCCCCCCCCCCCCCCCCCCCCCCCCCCC(=O)O[C@H]1CC[C@@H]2[C@](C)(CC[C@H]3[C@@]2(C)CC[C@]2(C)[C@@H]4CC(C)(C)CC[C@]4(C)CC[C@]32C)[C@H]1C. The van der Waals surface area contributed by atoms with Crippen LogP contribution in [0.15, 0.2) is 0 Å². The molecular weight excluding hydrogens is 729 g/mol. The molecule has 5 rings (SSSR count). The Morgan fingerprint density at radius 2 is 0.883 bits per heavy atom. The Kier molecular flexibility index (Phi) is 19.4. The molecule has 350 valence electrons. The van der Waals surface area contributed by atoms with Gasteiger partial charge in [0.15, 0.2) is 0 Å². The molecule has 60 heavy (non-hydrogen) atoms. The summed E-state index contributed by atoms with van der Waals surface area (Å²) in [5, 5.41) is 0. The van der Waals surface area contributed by atoms with E-state index in [9.17, 15) is 4.79 Å². The first-order chi connectivity index (χ1) is 28.7. The number of hydrogen-bond acceptors (Lipinski definition) is 2. The van der Waals surface area contributed by atoms with Crippen molar-refractivity contribution in [2.75, 3.05) is 0 Å². The van der Waals surface area contributed by atoms with Crippen LogP contribution in [0.1, 0.15) is 300 Å². The van der Waals surface area contributed by atoms with E-state index in [-0.39, 0.29) is 17.5 Å². The minimum atomic E-state index is 0.0875. The average molecular weight is 835 g/mol. The zero-order valence-corrected chi connectivity index (χ0v) is 42.4. The number of unbranched alkanes of at least 4 members (excludes halogenated alkanes) is 24. The number of ether oxygens (including phenoxy) is 1. The molecule has 0 aliphatic heterocycles. The van der Waals surface area contributed by atoms with Crippen molar-refractivity contribution in [3.8, 4) is 0 Å². The number of rotatable bonds is 27. The average Bonchev–Trinajstić information content (AvgIpc) is 3.21. The van der Waals surface area contributed by atoms with Crippen molar-refractivity contribution in [1.82, 2.24) is 0 Å². The van der Waals surface area contributed by atoms with Gasteiger partial charge in [-0.3, -0.25) is 4.79 Å². The van der Waals surface area contributed by atoms with Crippen LogP contribution in [0.3, 0.4) is 0 Å². The smallest absolute Gasteiger partial charge is 0.306 e. The summed E-state index contributed by atoms with van der Waals surface area (Å²) in [7, 11) is 0. The number of carbonyl (C=O) groups is 1. The van der Waals surface area contributed by atoms with E-state index in [1.807, 2.05) is 0 Å². The largest absolute Gasteiger partial charge is 0.462 e. The van der Waals surface area contributed by atoms with E-state index in [1.54, 1.807) is 0 Å². The van der Waals surface area contributed by atoms with Gasteiger partial charge in [-0.25, -0.2) is 0 Å². The minimum absolute atomic E-state index is 0.0875. The Morgan fingerprint density at radius 1 is 0.450 bits per heavy atom. The van der Waals surface area contributed by atoms with Crippen molar-refractivity contribution >= 4 is 5.97 Å². The predicted molar refractivity (Wildman–Crippen MR) is 260 cm³/mol. The first-order valence-corrected chi connectivity index (χ1v) is 27.8. The van der Waals surface area contributed by atoms with Crippen molar-refractivity contribution < 1.29 is 9.53 Å². The highest BCUT2D eigenvalue weighted by atomic mass is 16.5. The number of fused-ring (bicyclic) bond motifs is 7. The maximum atomic E-state index is 13.2. The van der Waals surface area contributed by atoms with Crippen LogP contribution in [0.4, 0.5) is 0 Å². The third-order valence-corrected chi connectivity index (χ3v) is 20.7. The van der Waals surface area contributed by atoms with Crippen LogP contribution >= 0.6 is 0 Å². The minimum Gasteiger partial charge on any atom is -0.462 e. The molecule has 0 bridgehead atoms. The summed E-state index contributed by atoms with van der Waals surface area (Å²) in [6.45, 7) is 23.6. The topological polar surface area (TPSA) is 26.3 Å². The van der Waals surface area contributed by atoms with Crippen molar-refractivity contribution in [3.63, 3.8) is 0 Å². The lowest BCUT2D eigenvalue weighted by atomic mass is 9.30. The molecule has 0 saturated heterocycles. The molecule has 0 unspecified atom stereocenters. The molecule has 5 aliphatic rings. The maximum Gasteiger partial charge on any atom is 0.306 e. The second-order valence-corrected chi connectivity index (χ2v) is 25.2. The van der Waals surface area contributed by atoms with Gasteiger partial charge < -0.3 is 4.74 Å². The van der Waals surface area contributed by atoms with E-state index in [2.05, 4.69) is 62.3 Å². The summed E-state index contributed by atoms with van der Waals surface area (Å²) >= 11 is 0. The number of esters is 1. The third-order valence-electron chi connectivity index (χ3n) is 20.7. The van der Waals surface area contributed by atoms with E-state index in [1.165, 1.54) is 218 Å². The lowest BCUT2D eigenvalue weighted by molar-refractivity contribution is -0.263. The summed E-state index contributed by atoms with van der Waals surface area (Å²) in [4.78, 5) is 13.2. The Morgan fingerprint density at radius 3 is 1.38 bits per heavy atom.